The van der Waals surface area contributed by atoms with Crippen molar-refractivity contribution in [2.45, 2.75) is 26.4 Å². The molecule has 0 aliphatic carbocycles. The number of nitrogens with one attached hydrogen (secondary N) is 1. The highest BCUT2D eigenvalue weighted by atomic mass is 19.3. The minimum atomic E-state index is -3.16. The van der Waals surface area contributed by atoms with Gasteiger partial charge < -0.3 is 10.1 Å². The summed E-state index contributed by atoms with van der Waals surface area (Å²) < 4.78 is 82.1. The Bertz CT molecular complexity index is 1050. The Kier molecular flexibility index (Phi) is 5.62. The minimum absolute atomic E-state index is 0.109. The van der Waals surface area contributed by atoms with E-state index in [0.29, 0.717) is 16.1 Å². The second kappa shape index (κ2) is 7.97. The van der Waals surface area contributed by atoms with E-state index in [0.717, 1.165) is 6.07 Å². The third kappa shape index (κ3) is 4.41. The average Bonchev–Trinajstić information content (AvgIpc) is 3.06. The monoisotopic (exact) mass is 418 g/mol. The molecule has 2 aromatic heterocycles. The molecule has 0 radical (unpaired) electrons. The van der Waals surface area contributed by atoms with Crippen molar-refractivity contribution >= 4 is 17.2 Å². The number of carbonyl (C=O) groups is 1. The molecule has 3 aromatic rings. The van der Waals surface area contributed by atoms with Crippen molar-refractivity contribution in [2.24, 2.45) is 0 Å². The van der Waals surface area contributed by atoms with Gasteiger partial charge in [-0.25, -0.2) is 27.1 Å². The molecule has 1 aromatic carbocycles. The van der Waals surface area contributed by atoms with Crippen LogP contribution < -0.4 is 10.1 Å². The fraction of sp³-hybridized carbons (Fsp3) is 0.235. The molecule has 154 valence electrons. The zero-order valence-electron chi connectivity index (χ0n) is 14.5. The van der Waals surface area contributed by atoms with Gasteiger partial charge in [0.1, 0.15) is 17.1 Å². The molecule has 0 fully saturated rings. The second-order valence-electron chi connectivity index (χ2n) is 5.84. The lowest BCUT2D eigenvalue weighted by atomic mass is 10.2. The zero-order chi connectivity index (χ0) is 21.3. The molecule has 0 aliphatic heterocycles. The maximum absolute atomic E-state index is 13.2. The van der Waals surface area contributed by atoms with Gasteiger partial charge >= 0.3 is 6.61 Å². The van der Waals surface area contributed by atoms with Crippen LogP contribution in [0.5, 0.6) is 5.75 Å². The maximum Gasteiger partial charge on any atom is 0.387 e. The Morgan fingerprint density at radius 3 is 2.41 bits per heavy atom. The van der Waals surface area contributed by atoms with Crippen LogP contribution in [0.3, 0.4) is 0 Å². The first-order valence-electron chi connectivity index (χ1n) is 7.99. The van der Waals surface area contributed by atoms with Gasteiger partial charge in [0.05, 0.1) is 5.69 Å². The van der Waals surface area contributed by atoms with Crippen LogP contribution >= 0.6 is 0 Å². The number of carbonyl (C=O) groups excluding carboxylic acids is 1. The van der Waals surface area contributed by atoms with Crippen LogP contribution in [0.15, 0.2) is 30.3 Å². The summed E-state index contributed by atoms with van der Waals surface area (Å²) in [6.45, 7) is -1.51. The van der Waals surface area contributed by atoms with Crippen molar-refractivity contribution in [3.63, 3.8) is 0 Å². The average molecular weight is 418 g/mol. The van der Waals surface area contributed by atoms with Gasteiger partial charge in [0, 0.05) is 6.07 Å². The van der Waals surface area contributed by atoms with Gasteiger partial charge in [-0.15, -0.1) is 0 Å². The van der Waals surface area contributed by atoms with Crippen molar-refractivity contribution < 1.29 is 35.9 Å². The number of alkyl halides is 6. The molecule has 0 atom stereocenters. The number of amides is 1. The number of aryl methyl sites for hydroxylation is 1. The fourth-order valence-electron chi connectivity index (χ4n) is 2.52. The number of ether oxygens (including phenoxy) is 1. The number of hydrogen-bond acceptors (Lipinski definition) is 4. The summed E-state index contributed by atoms with van der Waals surface area (Å²) >= 11 is 0. The van der Waals surface area contributed by atoms with Crippen molar-refractivity contribution in [3.05, 3.63) is 53.0 Å². The van der Waals surface area contributed by atoms with Gasteiger partial charge in [0.25, 0.3) is 18.8 Å². The molecule has 0 saturated carbocycles. The summed E-state index contributed by atoms with van der Waals surface area (Å²) in [5.74, 6) is -1.28. The van der Waals surface area contributed by atoms with E-state index in [9.17, 15) is 31.1 Å². The van der Waals surface area contributed by atoms with Gasteiger partial charge in [-0.1, -0.05) is 6.07 Å². The highest BCUT2D eigenvalue weighted by Gasteiger charge is 2.22. The molecule has 1 N–H and O–H groups in total. The lowest BCUT2D eigenvalue weighted by molar-refractivity contribution is -0.0493. The first-order chi connectivity index (χ1) is 13.7. The Morgan fingerprint density at radius 1 is 1.07 bits per heavy atom. The van der Waals surface area contributed by atoms with Crippen molar-refractivity contribution in [1.29, 1.82) is 0 Å². The van der Waals surface area contributed by atoms with E-state index in [-0.39, 0.29) is 11.4 Å². The third-order valence-corrected chi connectivity index (χ3v) is 3.75. The normalized spacial score (nSPS) is 11.7. The smallest absolute Gasteiger partial charge is 0.387 e. The highest BCUT2D eigenvalue weighted by molar-refractivity contribution is 6.04. The van der Waals surface area contributed by atoms with E-state index in [1.165, 1.54) is 18.2 Å². The molecule has 0 spiro atoms. The van der Waals surface area contributed by atoms with Crippen LogP contribution in [-0.4, -0.2) is 27.1 Å². The number of aromatic nitrogens is 3. The number of rotatable bonds is 6. The number of benzene rings is 1. The SMILES string of the molecule is Cc1ccc(OC(F)F)c(NC(=O)c2cc3nc(C(F)F)cc(C(F)F)n3n2)c1. The van der Waals surface area contributed by atoms with Crippen LogP contribution in [-0.2, 0) is 0 Å². The number of halogens is 6. The van der Waals surface area contributed by atoms with E-state index >= 15 is 0 Å². The van der Waals surface area contributed by atoms with Crippen LogP contribution in [0.1, 0.15) is 40.3 Å². The molecule has 6 nitrogen and oxygen atoms in total. The van der Waals surface area contributed by atoms with Gasteiger partial charge in [-0.2, -0.15) is 13.9 Å². The summed E-state index contributed by atoms with van der Waals surface area (Å²) in [5.41, 5.74) is -2.10. The van der Waals surface area contributed by atoms with Crippen molar-refractivity contribution in [3.8, 4) is 5.75 Å². The molecule has 0 unspecified atom stereocenters. The number of anilines is 1. The molecule has 1 amide bonds. The first-order valence-corrected chi connectivity index (χ1v) is 7.99. The molecule has 2 heterocycles. The Balaban J connectivity index is 1.98. The minimum Gasteiger partial charge on any atom is -0.433 e. The standard InChI is InChI=1S/C17H12F6N4O2/c1-7-2-3-12(29-17(22)23)8(4-7)25-16(28)10-6-13-24-9(14(18)19)5-11(15(20)21)27(13)26-10/h2-6,14-15,17H,1H3,(H,25,28). The van der Waals surface area contributed by atoms with Gasteiger partial charge in [0.2, 0.25) is 0 Å². The number of fused-ring (bicyclic) bond motifs is 1. The van der Waals surface area contributed by atoms with E-state index in [1.807, 2.05) is 0 Å². The second-order valence-corrected chi connectivity index (χ2v) is 5.84. The maximum atomic E-state index is 13.2. The Morgan fingerprint density at radius 2 is 1.79 bits per heavy atom. The Hall–Kier alpha value is -3.31. The van der Waals surface area contributed by atoms with Crippen LogP contribution in [0, 0.1) is 6.92 Å². The van der Waals surface area contributed by atoms with Gasteiger partial charge in [0.15, 0.2) is 11.3 Å². The molecular weight excluding hydrogens is 406 g/mol. The summed E-state index contributed by atoms with van der Waals surface area (Å²) in [6, 6.07) is 5.46. The number of nitrogens with zero attached hydrogens (tertiary/aromatic N) is 3. The lowest BCUT2D eigenvalue weighted by Gasteiger charge is -2.12. The lowest BCUT2D eigenvalue weighted by Crippen LogP contribution is -2.15. The Labute approximate surface area is 159 Å². The van der Waals surface area contributed by atoms with E-state index in [2.05, 4.69) is 20.1 Å². The summed E-state index contributed by atoms with van der Waals surface area (Å²) in [7, 11) is 0. The van der Waals surface area contributed by atoms with Crippen molar-refractivity contribution in [1.82, 2.24) is 14.6 Å². The van der Waals surface area contributed by atoms with Gasteiger partial charge in [-0.05, 0) is 30.7 Å². The summed E-state index contributed by atoms with van der Waals surface area (Å²) in [5, 5.41) is 5.96. The van der Waals surface area contributed by atoms with Crippen LogP contribution in [0.4, 0.5) is 32.0 Å². The van der Waals surface area contributed by atoms with E-state index in [4.69, 9.17) is 0 Å². The van der Waals surface area contributed by atoms with E-state index < -0.39 is 48.1 Å². The first kappa shape index (κ1) is 20.4. The largest absolute Gasteiger partial charge is 0.433 e. The quantitative estimate of drug-likeness (QED) is 0.586. The number of hydrogen-bond donors (Lipinski definition) is 1. The molecule has 3 rings (SSSR count). The fourth-order valence-corrected chi connectivity index (χ4v) is 2.52. The van der Waals surface area contributed by atoms with Crippen LogP contribution in [0.2, 0.25) is 0 Å². The predicted octanol–water partition coefficient (Wildman–Crippen LogP) is 4.77. The van der Waals surface area contributed by atoms with E-state index in [1.54, 1.807) is 6.92 Å². The summed E-state index contributed by atoms with van der Waals surface area (Å²) in [6.07, 6.45) is -6.26. The molecule has 0 aliphatic rings. The van der Waals surface area contributed by atoms with Gasteiger partial charge in [-0.3, -0.25) is 4.79 Å². The zero-order valence-corrected chi connectivity index (χ0v) is 14.5. The van der Waals surface area contributed by atoms with Crippen molar-refractivity contribution in [2.75, 3.05) is 5.32 Å². The molecule has 29 heavy (non-hydrogen) atoms. The molecular formula is C17H12F6N4O2. The molecule has 0 bridgehead atoms. The van der Waals surface area contributed by atoms with Crippen LogP contribution in [0.25, 0.3) is 5.65 Å². The molecule has 0 saturated heterocycles. The topological polar surface area (TPSA) is 68.5 Å². The third-order valence-electron chi connectivity index (χ3n) is 3.75. The predicted molar refractivity (Wildman–Crippen MR) is 88.7 cm³/mol. The highest BCUT2D eigenvalue weighted by Crippen LogP contribution is 2.29. The molecule has 12 heteroatoms. The summed E-state index contributed by atoms with van der Waals surface area (Å²) in [4.78, 5) is 16.0.